The molecule has 1 fully saturated rings. The second-order valence-corrected chi connectivity index (χ2v) is 7.68. The van der Waals surface area contributed by atoms with Gasteiger partial charge in [-0.3, -0.25) is 4.90 Å². The fourth-order valence-corrected chi connectivity index (χ4v) is 3.93. The maximum Gasteiger partial charge on any atom is 0.325 e. The number of rotatable bonds is 2. The molecule has 1 N–H and O–H groups in total. The molecule has 4 nitrogen and oxygen atoms in total. The van der Waals surface area contributed by atoms with E-state index in [2.05, 4.69) is 31.3 Å². The molecule has 4 rings (SSSR count). The molecule has 2 atom stereocenters. The summed E-state index contributed by atoms with van der Waals surface area (Å²) in [6.45, 7) is 6.27. The van der Waals surface area contributed by atoms with E-state index in [1.807, 2.05) is 37.3 Å². The summed E-state index contributed by atoms with van der Waals surface area (Å²) in [4.78, 5) is 14.5. The van der Waals surface area contributed by atoms with Crippen LogP contribution in [0.2, 0.25) is 5.02 Å². The average molecular weight is 357 g/mol. The van der Waals surface area contributed by atoms with E-state index >= 15 is 0 Å². The molecule has 5 heteroatoms. The molecule has 0 spiro atoms. The van der Waals surface area contributed by atoms with E-state index in [4.69, 9.17) is 16.3 Å². The van der Waals surface area contributed by atoms with Crippen molar-refractivity contribution in [3.05, 3.63) is 58.6 Å². The SMILES string of the molecule is CC(C)c1ccc(N2C(=O)N[C@@H]3C[C@]2(C)Oc2ccc(Cl)cc23)cc1. The largest absolute Gasteiger partial charge is 0.467 e. The standard InChI is InChI=1S/C20H21ClN2O2/c1-12(2)13-4-7-15(8-5-13)23-19(24)22-17-11-20(23,3)25-18-9-6-14(21)10-16(17)18/h4-10,12,17H,11H2,1-3H3,(H,22,24)/t17-,20+/m1/s1. The van der Waals surface area contributed by atoms with Crippen LogP contribution in [-0.2, 0) is 0 Å². The molecule has 0 aromatic heterocycles. The fourth-order valence-electron chi connectivity index (χ4n) is 3.74. The number of hydrogen-bond donors (Lipinski definition) is 1. The van der Waals surface area contributed by atoms with E-state index < -0.39 is 5.72 Å². The van der Waals surface area contributed by atoms with Gasteiger partial charge in [0.2, 0.25) is 0 Å². The van der Waals surface area contributed by atoms with E-state index in [-0.39, 0.29) is 12.1 Å². The van der Waals surface area contributed by atoms with Crippen LogP contribution in [-0.4, -0.2) is 11.8 Å². The van der Waals surface area contributed by atoms with E-state index in [1.54, 1.807) is 4.90 Å². The number of benzene rings is 2. The minimum atomic E-state index is -0.729. The van der Waals surface area contributed by atoms with Gasteiger partial charge in [0.1, 0.15) is 5.75 Å². The molecule has 0 aliphatic carbocycles. The Kier molecular flexibility index (Phi) is 3.69. The van der Waals surface area contributed by atoms with Gasteiger partial charge in [-0.25, -0.2) is 4.79 Å². The summed E-state index contributed by atoms with van der Waals surface area (Å²) in [6.07, 6.45) is 0.665. The third-order valence-electron chi connectivity index (χ3n) is 5.05. The predicted molar refractivity (Wildman–Crippen MR) is 99.4 cm³/mol. The third-order valence-corrected chi connectivity index (χ3v) is 5.29. The topological polar surface area (TPSA) is 41.6 Å². The summed E-state index contributed by atoms with van der Waals surface area (Å²) >= 11 is 6.11. The number of nitrogens with zero attached hydrogens (tertiary/aromatic N) is 1. The number of nitrogens with one attached hydrogen (secondary N) is 1. The highest BCUT2D eigenvalue weighted by atomic mass is 35.5. The van der Waals surface area contributed by atoms with Crippen LogP contribution < -0.4 is 15.0 Å². The van der Waals surface area contributed by atoms with Gasteiger partial charge in [0, 0.05) is 22.7 Å². The van der Waals surface area contributed by atoms with Crippen molar-refractivity contribution in [1.82, 2.24) is 5.32 Å². The van der Waals surface area contributed by atoms with Crippen molar-refractivity contribution in [3.8, 4) is 5.75 Å². The Labute approximate surface area is 152 Å². The average Bonchev–Trinajstić information content (AvgIpc) is 2.55. The minimum absolute atomic E-state index is 0.0915. The summed E-state index contributed by atoms with van der Waals surface area (Å²) in [7, 11) is 0. The van der Waals surface area contributed by atoms with Gasteiger partial charge in [-0.1, -0.05) is 37.6 Å². The van der Waals surface area contributed by atoms with Crippen LogP contribution in [0.1, 0.15) is 50.3 Å². The Morgan fingerprint density at radius 1 is 1.24 bits per heavy atom. The van der Waals surface area contributed by atoms with Crippen LogP contribution in [0.25, 0.3) is 0 Å². The predicted octanol–water partition coefficient (Wildman–Crippen LogP) is 5.23. The lowest BCUT2D eigenvalue weighted by Crippen LogP contribution is -2.65. The molecule has 2 amide bonds. The first-order chi connectivity index (χ1) is 11.9. The smallest absolute Gasteiger partial charge is 0.325 e. The Bertz CT molecular complexity index is 834. The number of halogens is 1. The maximum atomic E-state index is 12.8. The van der Waals surface area contributed by atoms with Crippen molar-refractivity contribution in [3.63, 3.8) is 0 Å². The van der Waals surface area contributed by atoms with Crippen LogP contribution in [0.5, 0.6) is 5.75 Å². The van der Waals surface area contributed by atoms with Gasteiger partial charge in [-0.2, -0.15) is 0 Å². The van der Waals surface area contributed by atoms with Crippen LogP contribution in [0.15, 0.2) is 42.5 Å². The molecule has 130 valence electrons. The van der Waals surface area contributed by atoms with E-state index in [9.17, 15) is 4.79 Å². The van der Waals surface area contributed by atoms with E-state index in [0.29, 0.717) is 17.4 Å². The minimum Gasteiger partial charge on any atom is -0.467 e. The molecule has 0 radical (unpaired) electrons. The highest BCUT2D eigenvalue weighted by Gasteiger charge is 2.49. The van der Waals surface area contributed by atoms with Crippen LogP contribution in [0.3, 0.4) is 0 Å². The lowest BCUT2D eigenvalue weighted by molar-refractivity contribution is 0.0379. The number of hydrogen-bond acceptors (Lipinski definition) is 2. The van der Waals surface area contributed by atoms with Crippen molar-refractivity contribution in [2.45, 2.75) is 44.9 Å². The number of anilines is 1. The first-order valence-electron chi connectivity index (χ1n) is 8.56. The first kappa shape index (κ1) is 16.3. The van der Waals surface area contributed by atoms with Gasteiger partial charge in [-0.05, 0) is 48.7 Å². The Morgan fingerprint density at radius 3 is 2.64 bits per heavy atom. The molecule has 2 bridgehead atoms. The van der Waals surface area contributed by atoms with Crippen LogP contribution in [0.4, 0.5) is 10.5 Å². The molecular weight excluding hydrogens is 336 g/mol. The quantitative estimate of drug-likeness (QED) is 0.800. The number of fused-ring (bicyclic) bond motifs is 4. The van der Waals surface area contributed by atoms with Gasteiger partial charge >= 0.3 is 6.03 Å². The zero-order valence-corrected chi connectivity index (χ0v) is 15.3. The Hall–Kier alpha value is -2.20. The number of urea groups is 1. The fraction of sp³-hybridized carbons (Fsp3) is 0.350. The lowest BCUT2D eigenvalue weighted by Gasteiger charge is -2.50. The zero-order chi connectivity index (χ0) is 17.8. The number of carbonyl (C=O) groups excluding carboxylic acids is 1. The van der Waals surface area contributed by atoms with Gasteiger partial charge in [-0.15, -0.1) is 0 Å². The van der Waals surface area contributed by atoms with Gasteiger partial charge in [0.05, 0.1) is 6.04 Å². The zero-order valence-electron chi connectivity index (χ0n) is 14.5. The van der Waals surface area contributed by atoms with Crippen molar-refractivity contribution < 1.29 is 9.53 Å². The van der Waals surface area contributed by atoms with Crippen LogP contribution >= 0.6 is 11.6 Å². The summed E-state index contributed by atoms with van der Waals surface area (Å²) in [5.41, 5.74) is 2.29. The second kappa shape index (κ2) is 5.67. The highest BCUT2D eigenvalue weighted by molar-refractivity contribution is 6.30. The molecule has 2 heterocycles. The van der Waals surface area contributed by atoms with Crippen molar-refractivity contribution in [1.29, 1.82) is 0 Å². The number of ether oxygens (including phenoxy) is 1. The molecular formula is C20H21ClN2O2. The Morgan fingerprint density at radius 2 is 1.96 bits per heavy atom. The summed E-state index contributed by atoms with van der Waals surface area (Å²) in [5.74, 6) is 1.22. The maximum absolute atomic E-state index is 12.8. The molecule has 2 aliphatic rings. The molecule has 2 aromatic carbocycles. The second-order valence-electron chi connectivity index (χ2n) is 7.25. The van der Waals surface area contributed by atoms with Gasteiger partial charge in [0.25, 0.3) is 0 Å². The van der Waals surface area contributed by atoms with Gasteiger partial charge < -0.3 is 10.1 Å². The van der Waals surface area contributed by atoms with E-state index in [1.165, 1.54) is 5.56 Å². The molecule has 2 aliphatic heterocycles. The third kappa shape index (κ3) is 2.65. The van der Waals surface area contributed by atoms with Gasteiger partial charge in [0.15, 0.2) is 5.72 Å². The normalized spacial score (nSPS) is 24.6. The molecule has 2 aromatic rings. The van der Waals surface area contributed by atoms with Crippen molar-refractivity contribution >= 4 is 23.3 Å². The summed E-state index contributed by atoms with van der Waals surface area (Å²) in [5, 5.41) is 3.74. The molecule has 0 saturated carbocycles. The summed E-state index contributed by atoms with van der Waals surface area (Å²) in [6, 6.07) is 13.4. The van der Waals surface area contributed by atoms with E-state index in [0.717, 1.165) is 17.0 Å². The monoisotopic (exact) mass is 356 g/mol. The number of amides is 2. The first-order valence-corrected chi connectivity index (χ1v) is 8.94. The molecule has 0 unspecified atom stereocenters. The number of carbonyl (C=O) groups is 1. The van der Waals surface area contributed by atoms with Crippen molar-refractivity contribution in [2.75, 3.05) is 4.90 Å². The molecule has 25 heavy (non-hydrogen) atoms. The molecule has 1 saturated heterocycles. The Balaban J connectivity index is 1.73. The van der Waals surface area contributed by atoms with Crippen molar-refractivity contribution in [2.24, 2.45) is 0 Å². The summed E-state index contributed by atoms with van der Waals surface area (Å²) < 4.78 is 6.27. The lowest BCUT2D eigenvalue weighted by atomic mass is 9.90. The van der Waals surface area contributed by atoms with Crippen LogP contribution in [0, 0.1) is 0 Å². The highest BCUT2D eigenvalue weighted by Crippen LogP contribution is 2.46.